The molecular weight excluding hydrogens is 511 g/mol. The molecule has 10 heteroatoms. The number of carbonyl (C=O) groups is 1. The summed E-state index contributed by atoms with van der Waals surface area (Å²) in [6.45, 7) is 6.00. The maximum Gasteiger partial charge on any atom is 0.258 e. The highest BCUT2D eigenvalue weighted by atomic mass is 19.1. The minimum absolute atomic E-state index is 0.0128. The first-order chi connectivity index (χ1) is 19.3. The molecule has 1 amide bonds. The molecule has 206 valence electrons. The number of allylic oxidation sites excluding steroid dienone is 1. The van der Waals surface area contributed by atoms with Crippen LogP contribution in [0.1, 0.15) is 26.3 Å². The van der Waals surface area contributed by atoms with Gasteiger partial charge in [-0.15, -0.1) is 0 Å². The number of hydrogen-bond donors (Lipinski definition) is 4. The van der Waals surface area contributed by atoms with Crippen molar-refractivity contribution in [2.45, 2.75) is 26.8 Å². The van der Waals surface area contributed by atoms with Gasteiger partial charge in [0, 0.05) is 35.0 Å². The normalized spacial score (nSPS) is 11.4. The van der Waals surface area contributed by atoms with Crippen molar-refractivity contribution in [2.24, 2.45) is 5.73 Å². The third-order valence-corrected chi connectivity index (χ3v) is 5.78. The van der Waals surface area contributed by atoms with Crippen molar-refractivity contribution in [2.75, 3.05) is 18.5 Å². The number of carbonyl (C=O) groups excluding carboxylic acids is 1. The number of ether oxygens (including phenoxy) is 2. The lowest BCUT2D eigenvalue weighted by Crippen LogP contribution is -2.34. The Balaban J connectivity index is 1.72. The smallest absolute Gasteiger partial charge is 0.258 e. The predicted octanol–water partition coefficient (Wildman–Crippen LogP) is 5.43. The van der Waals surface area contributed by atoms with E-state index in [2.05, 4.69) is 10.6 Å². The minimum atomic E-state index is -0.539. The van der Waals surface area contributed by atoms with E-state index in [1.54, 1.807) is 36.4 Å². The molecule has 40 heavy (non-hydrogen) atoms. The van der Waals surface area contributed by atoms with Crippen molar-refractivity contribution in [1.82, 2.24) is 15.3 Å². The summed E-state index contributed by atoms with van der Waals surface area (Å²) in [6, 6.07) is 17.1. The number of rotatable bonds is 11. The van der Waals surface area contributed by atoms with E-state index in [0.29, 0.717) is 57.4 Å². The molecular formula is C30H31FN6O3. The molecule has 0 bridgehead atoms. The molecule has 5 N–H and O–H groups in total. The third-order valence-electron chi connectivity index (χ3n) is 5.78. The fraction of sp³-hybridized carbons (Fsp3) is 0.200. The average Bonchev–Trinajstić information content (AvgIpc) is 2.94. The number of halogens is 1. The standard InChI is InChI=1S/C30H31FN6O3/c1-4-39-23-9-11-26-24(14-23)30(36-27-10-8-19(13-25(27)31)21(15-32)16-33)37-29(35-26)20-6-5-7-22(12-20)40-17-28(38)34-18(2)3/h5-16,18,32H,4,17,33H2,1-3H3,(H,34,38)(H,35,36,37)/b21-16+,32-15?. The Labute approximate surface area is 231 Å². The summed E-state index contributed by atoms with van der Waals surface area (Å²) >= 11 is 0. The van der Waals surface area contributed by atoms with Gasteiger partial charge >= 0.3 is 0 Å². The second-order valence-electron chi connectivity index (χ2n) is 9.13. The summed E-state index contributed by atoms with van der Waals surface area (Å²) in [6.07, 6.45) is 2.32. The molecule has 0 fully saturated rings. The van der Waals surface area contributed by atoms with Crippen LogP contribution in [0.5, 0.6) is 11.5 Å². The lowest BCUT2D eigenvalue weighted by Gasteiger charge is -2.14. The van der Waals surface area contributed by atoms with Gasteiger partial charge in [-0.1, -0.05) is 18.2 Å². The predicted molar refractivity (Wildman–Crippen MR) is 156 cm³/mol. The van der Waals surface area contributed by atoms with Crippen LogP contribution < -0.4 is 25.8 Å². The average molecular weight is 543 g/mol. The number of nitrogens with one attached hydrogen (secondary N) is 3. The molecule has 4 aromatic rings. The summed E-state index contributed by atoms with van der Waals surface area (Å²) in [4.78, 5) is 21.5. The zero-order valence-electron chi connectivity index (χ0n) is 22.5. The van der Waals surface area contributed by atoms with E-state index in [-0.39, 0.29) is 24.2 Å². The highest BCUT2D eigenvalue weighted by Crippen LogP contribution is 2.32. The molecule has 1 heterocycles. The van der Waals surface area contributed by atoms with Crippen LogP contribution in [-0.4, -0.2) is 41.3 Å². The fourth-order valence-corrected chi connectivity index (χ4v) is 3.98. The molecule has 0 radical (unpaired) electrons. The van der Waals surface area contributed by atoms with Crippen molar-refractivity contribution < 1.29 is 18.7 Å². The van der Waals surface area contributed by atoms with E-state index in [1.807, 2.05) is 39.0 Å². The molecule has 1 aromatic heterocycles. The zero-order chi connectivity index (χ0) is 28.6. The van der Waals surface area contributed by atoms with E-state index in [1.165, 1.54) is 12.3 Å². The molecule has 0 saturated heterocycles. The van der Waals surface area contributed by atoms with Crippen LogP contribution in [0.4, 0.5) is 15.9 Å². The first-order valence-corrected chi connectivity index (χ1v) is 12.8. The van der Waals surface area contributed by atoms with Crippen LogP contribution in [-0.2, 0) is 4.79 Å². The molecule has 0 aliphatic heterocycles. The van der Waals surface area contributed by atoms with E-state index in [4.69, 9.17) is 30.6 Å². The van der Waals surface area contributed by atoms with Gasteiger partial charge in [0.1, 0.15) is 23.1 Å². The summed E-state index contributed by atoms with van der Waals surface area (Å²) < 4.78 is 26.5. The first kappa shape index (κ1) is 28.0. The van der Waals surface area contributed by atoms with Crippen molar-refractivity contribution in [1.29, 1.82) is 5.41 Å². The summed E-state index contributed by atoms with van der Waals surface area (Å²) in [5, 5.41) is 14.0. The van der Waals surface area contributed by atoms with Crippen LogP contribution >= 0.6 is 0 Å². The van der Waals surface area contributed by atoms with Crippen LogP contribution in [0.2, 0.25) is 0 Å². The SMILES string of the molecule is CCOc1ccc2nc(-c3cccc(OCC(=O)NC(C)C)c3)nc(Nc3ccc(/C(C=N)=C/N)cc3F)c2c1. The number of amides is 1. The topological polar surface area (TPSA) is 135 Å². The van der Waals surface area contributed by atoms with Crippen molar-refractivity contribution in [3.63, 3.8) is 0 Å². The van der Waals surface area contributed by atoms with Gasteiger partial charge in [-0.05, 0) is 68.8 Å². The quantitative estimate of drug-likeness (QED) is 0.186. The van der Waals surface area contributed by atoms with Gasteiger partial charge in [0.25, 0.3) is 5.91 Å². The van der Waals surface area contributed by atoms with Gasteiger partial charge in [0.2, 0.25) is 0 Å². The maximum atomic E-state index is 15.2. The van der Waals surface area contributed by atoms with Crippen molar-refractivity contribution in [3.8, 4) is 22.9 Å². The molecule has 0 spiro atoms. The largest absolute Gasteiger partial charge is 0.494 e. The number of nitrogens with two attached hydrogens (primary N) is 1. The molecule has 0 atom stereocenters. The van der Waals surface area contributed by atoms with Gasteiger partial charge in [-0.2, -0.15) is 0 Å². The van der Waals surface area contributed by atoms with E-state index in [9.17, 15) is 4.79 Å². The second-order valence-corrected chi connectivity index (χ2v) is 9.13. The van der Waals surface area contributed by atoms with Gasteiger partial charge in [-0.3, -0.25) is 4.79 Å². The highest BCUT2D eigenvalue weighted by Gasteiger charge is 2.15. The number of fused-ring (bicyclic) bond motifs is 1. The van der Waals surface area contributed by atoms with Crippen molar-refractivity contribution in [3.05, 3.63) is 78.2 Å². The van der Waals surface area contributed by atoms with E-state index >= 15 is 4.39 Å². The Morgan fingerprint density at radius 1 is 1.07 bits per heavy atom. The zero-order valence-corrected chi connectivity index (χ0v) is 22.5. The molecule has 0 unspecified atom stereocenters. The Kier molecular flexibility index (Phi) is 8.90. The van der Waals surface area contributed by atoms with Gasteiger partial charge in [0.15, 0.2) is 12.4 Å². The Bertz CT molecular complexity index is 1570. The number of benzene rings is 3. The Hall–Kier alpha value is -4.99. The molecule has 4 rings (SSSR count). The summed E-state index contributed by atoms with van der Waals surface area (Å²) in [7, 11) is 0. The van der Waals surface area contributed by atoms with E-state index in [0.717, 1.165) is 6.21 Å². The number of anilines is 2. The number of nitrogens with zero attached hydrogens (tertiary/aromatic N) is 2. The monoisotopic (exact) mass is 542 g/mol. The molecule has 0 saturated carbocycles. The lowest BCUT2D eigenvalue weighted by atomic mass is 10.1. The molecule has 3 aromatic carbocycles. The Morgan fingerprint density at radius 2 is 1.88 bits per heavy atom. The lowest BCUT2D eigenvalue weighted by molar-refractivity contribution is -0.123. The molecule has 9 nitrogen and oxygen atoms in total. The van der Waals surface area contributed by atoms with Gasteiger partial charge < -0.3 is 31.3 Å². The second kappa shape index (κ2) is 12.7. The minimum Gasteiger partial charge on any atom is -0.494 e. The fourth-order valence-electron chi connectivity index (χ4n) is 3.98. The molecule has 0 aliphatic carbocycles. The van der Waals surface area contributed by atoms with Gasteiger partial charge in [-0.25, -0.2) is 14.4 Å². The Morgan fingerprint density at radius 3 is 2.58 bits per heavy atom. The number of aromatic nitrogens is 2. The third kappa shape index (κ3) is 6.71. The first-order valence-electron chi connectivity index (χ1n) is 12.8. The van der Waals surface area contributed by atoms with Crippen molar-refractivity contribution >= 4 is 40.1 Å². The van der Waals surface area contributed by atoms with Crippen LogP contribution in [0.3, 0.4) is 0 Å². The summed E-state index contributed by atoms with van der Waals surface area (Å²) in [5.41, 5.74) is 7.88. The van der Waals surface area contributed by atoms with Gasteiger partial charge in [0.05, 0.1) is 17.8 Å². The van der Waals surface area contributed by atoms with E-state index < -0.39 is 5.82 Å². The highest BCUT2D eigenvalue weighted by molar-refractivity contribution is 6.08. The maximum absolute atomic E-state index is 15.2. The van der Waals surface area contributed by atoms with Crippen LogP contribution in [0.25, 0.3) is 27.9 Å². The number of hydrogen-bond acceptors (Lipinski definition) is 8. The summed E-state index contributed by atoms with van der Waals surface area (Å²) in [5.74, 6) is 1.11. The molecule has 0 aliphatic rings. The van der Waals surface area contributed by atoms with Crippen LogP contribution in [0.15, 0.2) is 66.9 Å². The van der Waals surface area contributed by atoms with Crippen LogP contribution in [0, 0.1) is 11.2 Å².